The van der Waals surface area contributed by atoms with Crippen LogP contribution in [0.4, 0.5) is 4.79 Å². The molecule has 0 spiro atoms. The lowest BCUT2D eigenvalue weighted by molar-refractivity contribution is 0.0266. The van der Waals surface area contributed by atoms with Gasteiger partial charge in [0.1, 0.15) is 5.60 Å². The second-order valence-electron chi connectivity index (χ2n) is 6.98. The number of rotatable bonds is 1. The van der Waals surface area contributed by atoms with Crippen molar-refractivity contribution >= 4 is 13.2 Å². The molecular formula is C14H24BNO4. The Kier molecular flexibility index (Phi) is 4.16. The zero-order valence-electron chi connectivity index (χ0n) is 13.1. The van der Waals surface area contributed by atoms with Crippen molar-refractivity contribution in [2.45, 2.75) is 52.2 Å². The van der Waals surface area contributed by atoms with Crippen molar-refractivity contribution in [3.8, 4) is 0 Å². The first-order valence-electron chi connectivity index (χ1n) is 7.13. The molecule has 0 N–H and O–H groups in total. The molecule has 20 heavy (non-hydrogen) atoms. The zero-order chi connectivity index (χ0) is 15.0. The van der Waals surface area contributed by atoms with Gasteiger partial charge in [0.2, 0.25) is 0 Å². The molecule has 0 atom stereocenters. The normalized spacial score (nSPS) is 22.8. The number of carbonyl (C=O) groups is 1. The Morgan fingerprint density at radius 1 is 1.45 bits per heavy atom. The number of ether oxygens (including phenoxy) is 1. The summed E-state index contributed by atoms with van der Waals surface area (Å²) >= 11 is 0. The van der Waals surface area contributed by atoms with Gasteiger partial charge >= 0.3 is 13.2 Å². The first-order valence-corrected chi connectivity index (χ1v) is 7.13. The fourth-order valence-corrected chi connectivity index (χ4v) is 2.21. The van der Waals surface area contributed by atoms with Gasteiger partial charge in [-0.15, -0.1) is 0 Å². The average Bonchev–Trinajstić information content (AvgIpc) is 2.68. The van der Waals surface area contributed by atoms with Gasteiger partial charge in [0, 0.05) is 13.1 Å². The Balaban J connectivity index is 1.89. The van der Waals surface area contributed by atoms with Gasteiger partial charge in [0.25, 0.3) is 0 Å². The number of amides is 1. The maximum Gasteiger partial charge on any atom is 0.489 e. The summed E-state index contributed by atoms with van der Waals surface area (Å²) in [6.07, 6.45) is 2.51. The molecule has 0 unspecified atom stereocenters. The molecule has 6 heteroatoms. The molecule has 1 amide bonds. The summed E-state index contributed by atoms with van der Waals surface area (Å²) in [5.41, 5.74) is 0.437. The third-order valence-corrected chi connectivity index (χ3v) is 3.21. The number of hydrogen-bond acceptors (Lipinski definition) is 4. The van der Waals surface area contributed by atoms with E-state index >= 15 is 0 Å². The first-order chi connectivity index (χ1) is 9.16. The van der Waals surface area contributed by atoms with Crippen molar-refractivity contribution in [1.82, 2.24) is 4.90 Å². The van der Waals surface area contributed by atoms with E-state index in [1.165, 1.54) is 0 Å². The first kappa shape index (κ1) is 15.4. The van der Waals surface area contributed by atoms with E-state index in [0.717, 1.165) is 11.9 Å². The molecule has 1 fully saturated rings. The number of nitrogens with zero attached hydrogens (tertiary/aromatic N) is 1. The van der Waals surface area contributed by atoms with Crippen molar-refractivity contribution in [2.75, 3.05) is 19.7 Å². The Labute approximate surface area is 121 Å². The van der Waals surface area contributed by atoms with Crippen molar-refractivity contribution in [3.63, 3.8) is 0 Å². The fourth-order valence-electron chi connectivity index (χ4n) is 2.21. The predicted octanol–water partition coefficient (Wildman–Crippen LogP) is 2.41. The quantitative estimate of drug-likeness (QED) is 0.692. The van der Waals surface area contributed by atoms with Gasteiger partial charge in [0.15, 0.2) is 0 Å². The van der Waals surface area contributed by atoms with E-state index < -0.39 is 5.60 Å². The van der Waals surface area contributed by atoms with Crippen molar-refractivity contribution in [3.05, 3.63) is 11.5 Å². The van der Waals surface area contributed by atoms with Gasteiger partial charge in [-0.2, -0.15) is 0 Å². The Morgan fingerprint density at radius 2 is 2.15 bits per heavy atom. The van der Waals surface area contributed by atoms with Crippen molar-refractivity contribution in [1.29, 1.82) is 0 Å². The van der Waals surface area contributed by atoms with Gasteiger partial charge < -0.3 is 18.9 Å². The van der Waals surface area contributed by atoms with E-state index in [2.05, 4.69) is 0 Å². The zero-order valence-corrected chi connectivity index (χ0v) is 13.1. The summed E-state index contributed by atoms with van der Waals surface area (Å²) in [6.45, 7) is 11.4. The van der Waals surface area contributed by atoms with E-state index in [1.54, 1.807) is 4.90 Å². The molecule has 0 bridgehead atoms. The lowest BCUT2D eigenvalue weighted by atomic mass is 9.75. The average molecular weight is 281 g/mol. The summed E-state index contributed by atoms with van der Waals surface area (Å²) < 4.78 is 16.9. The minimum atomic E-state index is -0.456. The molecular weight excluding hydrogens is 257 g/mol. The van der Waals surface area contributed by atoms with Crippen LogP contribution >= 0.6 is 0 Å². The van der Waals surface area contributed by atoms with Crippen LogP contribution in [0.2, 0.25) is 0 Å². The van der Waals surface area contributed by atoms with E-state index in [9.17, 15) is 4.79 Å². The maximum absolute atomic E-state index is 12.0. The smallest absolute Gasteiger partial charge is 0.444 e. The lowest BCUT2D eigenvalue weighted by Crippen LogP contribution is -2.40. The molecule has 0 aromatic carbocycles. The molecule has 1 saturated heterocycles. The van der Waals surface area contributed by atoms with Crippen LogP contribution in [0, 0.1) is 0 Å². The van der Waals surface area contributed by atoms with Gasteiger partial charge in [-0.05, 0) is 46.5 Å². The van der Waals surface area contributed by atoms with E-state index in [0.29, 0.717) is 19.7 Å². The Hall–Kier alpha value is -1.01. The largest absolute Gasteiger partial charge is 0.489 e. The van der Waals surface area contributed by atoms with Gasteiger partial charge in [-0.25, -0.2) is 4.79 Å². The second-order valence-corrected chi connectivity index (χ2v) is 6.98. The Morgan fingerprint density at radius 3 is 2.60 bits per heavy atom. The van der Waals surface area contributed by atoms with E-state index in [4.69, 9.17) is 14.0 Å². The predicted molar refractivity (Wildman–Crippen MR) is 77.4 cm³/mol. The summed E-state index contributed by atoms with van der Waals surface area (Å²) in [5, 5.41) is 0. The van der Waals surface area contributed by atoms with Crippen molar-refractivity contribution < 1.29 is 18.8 Å². The minimum Gasteiger partial charge on any atom is -0.444 e. The third kappa shape index (κ3) is 3.99. The molecule has 2 heterocycles. The van der Waals surface area contributed by atoms with Gasteiger partial charge in [-0.3, -0.25) is 0 Å². The minimum absolute atomic E-state index is 0.228. The molecule has 0 radical (unpaired) electrons. The highest BCUT2D eigenvalue weighted by atomic mass is 16.7. The monoisotopic (exact) mass is 281 g/mol. The highest BCUT2D eigenvalue weighted by Crippen LogP contribution is 2.26. The number of hydrogen-bond donors (Lipinski definition) is 0. The molecule has 0 aromatic heterocycles. The molecule has 0 saturated carbocycles. The van der Waals surface area contributed by atoms with Crippen LogP contribution in [0.1, 0.15) is 41.0 Å². The van der Waals surface area contributed by atoms with Gasteiger partial charge in [-0.1, -0.05) is 6.08 Å². The topological polar surface area (TPSA) is 48.0 Å². The summed E-state index contributed by atoms with van der Waals surface area (Å²) in [4.78, 5) is 13.7. The molecule has 2 aliphatic rings. The maximum atomic E-state index is 12.0. The van der Waals surface area contributed by atoms with Gasteiger partial charge in [0.05, 0.1) is 12.2 Å². The van der Waals surface area contributed by atoms with Crippen LogP contribution in [-0.4, -0.2) is 49.0 Å². The highest BCUT2D eigenvalue weighted by molar-refractivity contribution is 6.54. The Bertz CT molecular complexity index is 414. The molecule has 2 aliphatic heterocycles. The molecule has 112 valence electrons. The van der Waals surface area contributed by atoms with Crippen LogP contribution in [0.25, 0.3) is 0 Å². The molecule has 2 rings (SSSR count). The summed E-state index contributed by atoms with van der Waals surface area (Å²) in [7, 11) is -0.259. The van der Waals surface area contributed by atoms with E-state index in [-0.39, 0.29) is 18.8 Å². The van der Waals surface area contributed by atoms with Crippen LogP contribution < -0.4 is 0 Å². The molecule has 0 aliphatic carbocycles. The third-order valence-electron chi connectivity index (χ3n) is 3.21. The fraction of sp³-hybridized carbons (Fsp3) is 0.786. The van der Waals surface area contributed by atoms with E-state index in [1.807, 2.05) is 40.7 Å². The van der Waals surface area contributed by atoms with Crippen LogP contribution in [-0.2, 0) is 14.0 Å². The SMILES string of the molecule is CC(C)(C)OC(=O)N1CC=C(B2OCC(C)(C)O2)CC1. The highest BCUT2D eigenvalue weighted by Gasteiger charge is 2.40. The van der Waals surface area contributed by atoms with Crippen molar-refractivity contribution in [2.24, 2.45) is 0 Å². The summed E-state index contributed by atoms with van der Waals surface area (Å²) in [5.74, 6) is 0. The second kappa shape index (κ2) is 5.41. The van der Waals surface area contributed by atoms with Crippen LogP contribution in [0.15, 0.2) is 11.5 Å². The van der Waals surface area contributed by atoms with Crippen LogP contribution in [0.5, 0.6) is 0 Å². The lowest BCUT2D eigenvalue weighted by Gasteiger charge is -2.30. The number of carbonyl (C=O) groups excluding carboxylic acids is 1. The van der Waals surface area contributed by atoms with Crippen LogP contribution in [0.3, 0.4) is 0 Å². The summed E-state index contributed by atoms with van der Waals surface area (Å²) in [6, 6.07) is 0. The molecule has 5 nitrogen and oxygen atoms in total. The molecule has 0 aromatic rings. The standard InChI is InChI=1S/C14H24BNO4/c1-13(2,3)19-12(17)16-8-6-11(7-9-16)15-18-10-14(4,5)20-15/h6H,7-10H2,1-5H3.